The molecule has 0 heterocycles. The van der Waals surface area contributed by atoms with Crippen molar-refractivity contribution in [1.82, 2.24) is 0 Å². The average Bonchev–Trinajstić information content (AvgIpc) is 0.914. The number of phosphoric acid groups is 1. The Hall–Kier alpha value is -4.89. The lowest BCUT2D eigenvalue weighted by Crippen LogP contribution is -2.37. The Morgan fingerprint density at radius 1 is 0.314 bits per heavy atom. The van der Waals surface area contributed by atoms with Gasteiger partial charge < -0.3 is 18.9 Å². The Bertz CT molecular complexity index is 2390. The number of nitrogens with zero attached hydrogens (tertiary/aromatic N) is 1. The van der Waals surface area contributed by atoms with Crippen LogP contribution in [-0.2, 0) is 32.7 Å². The van der Waals surface area contributed by atoms with Gasteiger partial charge in [-0.05, 0) is 141 Å². The van der Waals surface area contributed by atoms with Gasteiger partial charge in [-0.1, -0.05) is 363 Å². The molecule has 0 bridgehead atoms. The maximum absolute atomic E-state index is 12.9. The lowest BCUT2D eigenvalue weighted by molar-refractivity contribution is -0.870. The zero-order valence-electron chi connectivity index (χ0n) is 66.3. The average molecular weight is 1430 g/mol. The fourth-order valence-corrected chi connectivity index (χ4v) is 11.9. The van der Waals surface area contributed by atoms with Crippen molar-refractivity contribution in [3.63, 3.8) is 0 Å². The summed E-state index contributed by atoms with van der Waals surface area (Å²) in [5.74, 6) is -0.850. The van der Waals surface area contributed by atoms with Crippen molar-refractivity contribution in [2.75, 3.05) is 47.5 Å². The van der Waals surface area contributed by atoms with Crippen LogP contribution >= 0.6 is 7.82 Å². The molecular weight excluding hydrogens is 1280 g/mol. The van der Waals surface area contributed by atoms with Gasteiger partial charge >= 0.3 is 19.8 Å². The second-order valence-corrected chi connectivity index (χ2v) is 29.9. The lowest BCUT2D eigenvalue weighted by Gasteiger charge is -2.24. The molecule has 0 aromatic heterocycles. The largest absolute Gasteiger partial charge is 0.472 e. The van der Waals surface area contributed by atoms with Crippen LogP contribution in [0.15, 0.2) is 182 Å². The molecule has 0 saturated carbocycles. The second kappa shape index (κ2) is 80.2. The number of esters is 2. The number of allylic oxidation sites excluding steroid dienone is 30. The third-order valence-electron chi connectivity index (χ3n) is 17.4. The molecule has 0 saturated heterocycles. The van der Waals surface area contributed by atoms with Gasteiger partial charge in [0.2, 0.25) is 0 Å². The van der Waals surface area contributed by atoms with Crippen molar-refractivity contribution in [2.45, 2.75) is 341 Å². The summed E-state index contributed by atoms with van der Waals surface area (Å²) in [5.41, 5.74) is 0. The highest BCUT2D eigenvalue weighted by Crippen LogP contribution is 2.43. The molecule has 0 aliphatic carbocycles. The van der Waals surface area contributed by atoms with Crippen molar-refractivity contribution in [3.8, 4) is 0 Å². The monoisotopic (exact) mass is 1430 g/mol. The summed E-state index contributed by atoms with van der Waals surface area (Å²) < 4.78 is 34.8. The van der Waals surface area contributed by atoms with E-state index in [0.29, 0.717) is 17.4 Å². The molecule has 0 radical (unpaired) electrons. The first-order valence-corrected chi connectivity index (χ1v) is 43.0. The lowest BCUT2D eigenvalue weighted by atomic mass is 10.0. The SMILES string of the molecule is CC/C=C\C/C=C\C/C=C\C/C=C\C/C=C\C/C=C\C/C=C\C/C=C\C/C=C\C/C=C\C/C=C\C/C=C\CCCCC(=O)OC(COC(=O)CCCCCCCCCCCCCCCCCCCCCCCCCC/C=C\C/C=C\C/C=C\CCCCCCC)COP(=O)(O)OCC[N+](C)(C)C. The molecule has 0 amide bonds. The van der Waals surface area contributed by atoms with Crippen molar-refractivity contribution < 1.29 is 42.1 Å². The zero-order chi connectivity index (χ0) is 74.0. The van der Waals surface area contributed by atoms with Gasteiger partial charge in [-0.15, -0.1) is 0 Å². The molecule has 0 aromatic carbocycles. The van der Waals surface area contributed by atoms with E-state index in [2.05, 4.69) is 196 Å². The molecule has 0 aromatic rings. The highest BCUT2D eigenvalue weighted by atomic mass is 31.2. The van der Waals surface area contributed by atoms with Crippen LogP contribution in [-0.4, -0.2) is 74.9 Å². The van der Waals surface area contributed by atoms with Crippen molar-refractivity contribution >= 4 is 19.8 Å². The first-order valence-electron chi connectivity index (χ1n) is 41.5. The predicted molar refractivity (Wildman–Crippen MR) is 445 cm³/mol. The van der Waals surface area contributed by atoms with Crippen molar-refractivity contribution in [2.24, 2.45) is 0 Å². The van der Waals surface area contributed by atoms with Crippen LogP contribution in [0.5, 0.6) is 0 Å². The topological polar surface area (TPSA) is 108 Å². The van der Waals surface area contributed by atoms with E-state index in [9.17, 15) is 19.0 Å². The quantitative estimate of drug-likeness (QED) is 0.0211. The minimum Gasteiger partial charge on any atom is -0.462 e. The number of hydrogen-bond donors (Lipinski definition) is 1. The number of likely N-dealkylation sites (N-methyl/N-ethyl adjacent to an activating group) is 1. The first kappa shape index (κ1) is 97.1. The van der Waals surface area contributed by atoms with E-state index < -0.39 is 26.5 Å². The molecule has 102 heavy (non-hydrogen) atoms. The third-order valence-corrected chi connectivity index (χ3v) is 18.4. The normalized spacial score (nSPS) is 14.0. The molecule has 1 N–H and O–H groups in total. The number of ether oxygens (including phenoxy) is 2. The molecule has 0 spiro atoms. The fraction of sp³-hybridized carbons (Fsp3) is 0.652. The van der Waals surface area contributed by atoms with Gasteiger partial charge in [0.1, 0.15) is 19.8 Å². The highest BCUT2D eigenvalue weighted by molar-refractivity contribution is 7.47. The number of quaternary nitrogens is 1. The molecule has 0 aliphatic rings. The van der Waals surface area contributed by atoms with Crippen LogP contribution in [0.2, 0.25) is 0 Å². The van der Waals surface area contributed by atoms with Crippen LogP contribution in [0.4, 0.5) is 0 Å². The Morgan fingerprint density at radius 3 is 0.853 bits per heavy atom. The molecule has 10 heteroatoms. The summed E-state index contributed by atoms with van der Waals surface area (Å²) in [7, 11) is 1.44. The molecule has 0 rings (SSSR count). The fourth-order valence-electron chi connectivity index (χ4n) is 11.1. The van der Waals surface area contributed by atoms with E-state index in [0.717, 1.165) is 122 Å². The van der Waals surface area contributed by atoms with Gasteiger partial charge in [0, 0.05) is 12.8 Å². The molecule has 2 unspecified atom stereocenters. The number of hydrogen-bond acceptors (Lipinski definition) is 7. The summed E-state index contributed by atoms with van der Waals surface area (Å²) in [6.07, 6.45) is 123. The van der Waals surface area contributed by atoms with Crippen molar-refractivity contribution in [3.05, 3.63) is 182 Å². The standard InChI is InChI=1S/C92H154NO8P/c1-6-8-10-12-14-16-18-20-22-24-26-28-30-32-34-36-38-40-42-44-46-48-50-52-54-56-58-60-62-64-66-68-70-72-74-76-78-80-82-84-91(94)98-88-90(89-100-102(96,97)99-87-86-93(3,4)5)101-92(95)85-83-81-79-77-75-73-71-69-67-65-63-61-59-57-55-53-51-49-47-45-43-41-39-37-35-33-31-29-27-25-23-21-19-17-15-13-11-9-7-2/h9,11,15,17-18,20-21,23-24,26-27,29-30,32-33,35,39,41,45,47,51,53,57,59,63,65,69,71,75,77,90H,6-8,10,12-14,16,19,22,25,28,31,34,36-38,40,42-44,46,48-50,52,54-56,58,60-62,64,66-68,70,72-74,76,78-89H2,1-5H3/p+1/b11-9-,17-15-,20-18-,23-21-,26-24-,29-27-,32-30-,35-33-,41-39-,47-45-,53-51-,59-57-,65-63-,71-69-,77-75-. The predicted octanol–water partition coefficient (Wildman–Crippen LogP) is 28.2. The van der Waals surface area contributed by atoms with E-state index in [1.54, 1.807) is 0 Å². The molecule has 0 fully saturated rings. The number of carbonyl (C=O) groups is 2. The van der Waals surface area contributed by atoms with E-state index in [-0.39, 0.29) is 32.0 Å². The Morgan fingerprint density at radius 2 is 0.559 bits per heavy atom. The highest BCUT2D eigenvalue weighted by Gasteiger charge is 2.27. The number of unbranched alkanes of at least 4 members (excludes halogenated alkanes) is 31. The summed E-state index contributed by atoms with van der Waals surface area (Å²) >= 11 is 0. The Kier molecular flexibility index (Phi) is 76.4. The van der Waals surface area contributed by atoms with Crippen LogP contribution in [0, 0.1) is 0 Å². The Balaban J connectivity index is 4.07. The van der Waals surface area contributed by atoms with Crippen molar-refractivity contribution in [1.29, 1.82) is 0 Å². The van der Waals surface area contributed by atoms with Gasteiger partial charge in [-0.25, -0.2) is 4.57 Å². The van der Waals surface area contributed by atoms with Gasteiger partial charge in [-0.2, -0.15) is 0 Å². The number of carbonyl (C=O) groups excluding carboxylic acids is 2. The second-order valence-electron chi connectivity index (χ2n) is 28.4. The van der Waals surface area contributed by atoms with E-state index in [1.165, 1.54) is 180 Å². The van der Waals surface area contributed by atoms with Gasteiger partial charge in [0.05, 0.1) is 27.7 Å². The van der Waals surface area contributed by atoms with Crippen LogP contribution in [0.25, 0.3) is 0 Å². The molecule has 580 valence electrons. The molecular formula is C92H155NO8P+. The minimum absolute atomic E-state index is 0.0153. The molecule has 2 atom stereocenters. The minimum atomic E-state index is -4.42. The van der Waals surface area contributed by atoms with E-state index in [4.69, 9.17) is 18.5 Å². The van der Waals surface area contributed by atoms with Crippen LogP contribution in [0.3, 0.4) is 0 Å². The van der Waals surface area contributed by atoms with Gasteiger partial charge in [0.25, 0.3) is 0 Å². The van der Waals surface area contributed by atoms with Crippen LogP contribution in [0.1, 0.15) is 335 Å². The molecule has 0 aliphatic heterocycles. The van der Waals surface area contributed by atoms with Crippen LogP contribution < -0.4 is 0 Å². The maximum Gasteiger partial charge on any atom is 0.472 e. The summed E-state index contributed by atoms with van der Waals surface area (Å²) in [6.45, 7) is 4.27. The first-order chi connectivity index (χ1) is 50.0. The third kappa shape index (κ3) is 84.1. The van der Waals surface area contributed by atoms with E-state index >= 15 is 0 Å². The smallest absolute Gasteiger partial charge is 0.462 e. The van der Waals surface area contributed by atoms with Gasteiger partial charge in [-0.3, -0.25) is 18.6 Å². The summed E-state index contributed by atoms with van der Waals surface area (Å²) in [6, 6.07) is 0. The van der Waals surface area contributed by atoms with E-state index in [1.807, 2.05) is 21.1 Å². The number of rotatable bonds is 75. The summed E-state index contributed by atoms with van der Waals surface area (Å²) in [4.78, 5) is 36.0. The Labute approximate surface area is 629 Å². The number of phosphoric ester groups is 1. The molecule has 9 nitrogen and oxygen atoms in total. The maximum atomic E-state index is 12.9. The zero-order valence-corrected chi connectivity index (χ0v) is 67.2. The summed E-state index contributed by atoms with van der Waals surface area (Å²) in [5, 5.41) is 0. The van der Waals surface area contributed by atoms with Gasteiger partial charge in [0.15, 0.2) is 6.10 Å².